The highest BCUT2D eigenvalue weighted by molar-refractivity contribution is 6.30. The lowest BCUT2D eigenvalue weighted by Gasteiger charge is -2.08. The summed E-state index contributed by atoms with van der Waals surface area (Å²) in [6.45, 7) is 1.39. The maximum Gasteiger partial charge on any atom is 0.119 e. The fourth-order valence-corrected chi connectivity index (χ4v) is 1.58. The van der Waals surface area contributed by atoms with Gasteiger partial charge in [0.15, 0.2) is 0 Å². The van der Waals surface area contributed by atoms with Crippen LogP contribution in [0.4, 0.5) is 5.69 Å². The molecule has 0 aliphatic carbocycles. The molecular weight excluding hydrogens is 234 g/mol. The highest BCUT2D eigenvalue weighted by atomic mass is 35.5. The van der Waals surface area contributed by atoms with Crippen LogP contribution in [0.25, 0.3) is 0 Å². The van der Waals surface area contributed by atoms with Gasteiger partial charge in [0, 0.05) is 17.3 Å². The van der Waals surface area contributed by atoms with Gasteiger partial charge in [-0.3, -0.25) is 0 Å². The van der Waals surface area contributed by atoms with Crippen molar-refractivity contribution in [1.82, 2.24) is 0 Å². The van der Waals surface area contributed by atoms with Crippen LogP contribution >= 0.6 is 11.6 Å². The monoisotopic (exact) mass is 247 g/mol. The van der Waals surface area contributed by atoms with Crippen LogP contribution in [-0.4, -0.2) is 13.2 Å². The Labute approximate surface area is 106 Å². The Morgan fingerprint density at radius 2 is 1.65 bits per heavy atom. The highest BCUT2D eigenvalue weighted by Crippen LogP contribution is 2.15. The highest BCUT2D eigenvalue weighted by Gasteiger charge is 1.94. The number of para-hydroxylation sites is 1. The maximum absolute atomic E-state index is 5.79. The molecule has 0 atom stereocenters. The molecule has 0 aliphatic rings. The summed E-state index contributed by atoms with van der Waals surface area (Å²) in [6, 6.07) is 17.4. The van der Waals surface area contributed by atoms with Gasteiger partial charge in [-0.1, -0.05) is 29.8 Å². The molecule has 0 spiro atoms. The Morgan fingerprint density at radius 1 is 0.941 bits per heavy atom. The van der Waals surface area contributed by atoms with Gasteiger partial charge in [0.05, 0.1) is 0 Å². The average Bonchev–Trinajstić information content (AvgIpc) is 2.38. The van der Waals surface area contributed by atoms with E-state index in [4.69, 9.17) is 16.3 Å². The van der Waals surface area contributed by atoms with Crippen molar-refractivity contribution >= 4 is 17.3 Å². The van der Waals surface area contributed by atoms with Crippen molar-refractivity contribution in [2.45, 2.75) is 0 Å². The van der Waals surface area contributed by atoms with Gasteiger partial charge in [0.25, 0.3) is 0 Å². The smallest absolute Gasteiger partial charge is 0.119 e. The zero-order chi connectivity index (χ0) is 11.9. The number of ether oxygens (including phenoxy) is 1. The van der Waals surface area contributed by atoms with E-state index < -0.39 is 0 Å². The Balaban J connectivity index is 1.71. The SMILES string of the molecule is Clc1ccc(OCCNc2ccccc2)cc1. The van der Waals surface area contributed by atoms with Crippen molar-refractivity contribution in [2.75, 3.05) is 18.5 Å². The molecule has 3 heteroatoms. The van der Waals surface area contributed by atoms with E-state index >= 15 is 0 Å². The first-order chi connectivity index (χ1) is 8.34. The first-order valence-electron chi connectivity index (χ1n) is 5.52. The molecule has 0 unspecified atom stereocenters. The number of benzene rings is 2. The van der Waals surface area contributed by atoms with Gasteiger partial charge in [0.1, 0.15) is 12.4 Å². The number of anilines is 1. The topological polar surface area (TPSA) is 21.3 Å². The summed E-state index contributed by atoms with van der Waals surface area (Å²) in [5.41, 5.74) is 1.10. The van der Waals surface area contributed by atoms with Crippen LogP contribution < -0.4 is 10.1 Å². The molecule has 0 amide bonds. The third-order valence-corrected chi connectivity index (χ3v) is 2.54. The summed E-state index contributed by atoms with van der Waals surface area (Å²) in [6.07, 6.45) is 0. The molecular formula is C14H14ClNO. The lowest BCUT2D eigenvalue weighted by atomic mass is 10.3. The first-order valence-corrected chi connectivity index (χ1v) is 5.90. The zero-order valence-corrected chi connectivity index (χ0v) is 10.2. The van der Waals surface area contributed by atoms with Crippen molar-refractivity contribution < 1.29 is 4.74 Å². The van der Waals surface area contributed by atoms with Gasteiger partial charge in [-0.25, -0.2) is 0 Å². The average molecular weight is 248 g/mol. The second kappa shape index (κ2) is 6.16. The van der Waals surface area contributed by atoms with Gasteiger partial charge < -0.3 is 10.1 Å². The number of rotatable bonds is 5. The van der Waals surface area contributed by atoms with Gasteiger partial charge >= 0.3 is 0 Å². The number of nitrogens with one attached hydrogen (secondary N) is 1. The minimum atomic E-state index is 0.622. The molecule has 0 radical (unpaired) electrons. The van der Waals surface area contributed by atoms with E-state index in [0.717, 1.165) is 23.0 Å². The fraction of sp³-hybridized carbons (Fsp3) is 0.143. The fourth-order valence-electron chi connectivity index (χ4n) is 1.45. The van der Waals surface area contributed by atoms with E-state index in [1.807, 2.05) is 54.6 Å². The lowest BCUT2D eigenvalue weighted by molar-refractivity contribution is 0.333. The van der Waals surface area contributed by atoms with Crippen molar-refractivity contribution in [2.24, 2.45) is 0 Å². The van der Waals surface area contributed by atoms with Crippen LogP contribution in [-0.2, 0) is 0 Å². The molecule has 0 aromatic heterocycles. The molecule has 17 heavy (non-hydrogen) atoms. The Kier molecular flexibility index (Phi) is 4.28. The summed E-state index contributed by atoms with van der Waals surface area (Å²) < 4.78 is 5.56. The zero-order valence-electron chi connectivity index (χ0n) is 9.40. The van der Waals surface area contributed by atoms with Crippen molar-refractivity contribution in [3.8, 4) is 5.75 Å². The predicted octanol–water partition coefficient (Wildman–Crippen LogP) is 3.83. The van der Waals surface area contributed by atoms with Crippen LogP contribution in [0.5, 0.6) is 5.75 Å². The van der Waals surface area contributed by atoms with Crippen LogP contribution in [0.15, 0.2) is 54.6 Å². The summed E-state index contributed by atoms with van der Waals surface area (Å²) in [5.74, 6) is 0.837. The van der Waals surface area contributed by atoms with E-state index in [1.54, 1.807) is 0 Å². The van der Waals surface area contributed by atoms with Crippen LogP contribution in [0.1, 0.15) is 0 Å². The summed E-state index contributed by atoms with van der Waals surface area (Å²) in [7, 11) is 0. The molecule has 0 saturated heterocycles. The van der Waals surface area contributed by atoms with Crippen molar-refractivity contribution in [3.05, 3.63) is 59.6 Å². The molecule has 2 nitrogen and oxygen atoms in total. The molecule has 0 heterocycles. The maximum atomic E-state index is 5.79. The van der Waals surface area contributed by atoms with E-state index in [1.165, 1.54) is 0 Å². The second-order valence-corrected chi connectivity index (χ2v) is 4.03. The normalized spacial score (nSPS) is 9.94. The number of hydrogen-bond donors (Lipinski definition) is 1. The molecule has 2 aromatic carbocycles. The summed E-state index contributed by atoms with van der Waals surface area (Å²) in [4.78, 5) is 0. The van der Waals surface area contributed by atoms with Crippen LogP contribution in [0, 0.1) is 0 Å². The summed E-state index contributed by atoms with van der Waals surface area (Å²) >= 11 is 5.79. The molecule has 0 aliphatic heterocycles. The molecule has 0 bridgehead atoms. The number of hydrogen-bond acceptors (Lipinski definition) is 2. The van der Waals surface area contributed by atoms with E-state index in [0.29, 0.717) is 6.61 Å². The molecule has 88 valence electrons. The van der Waals surface area contributed by atoms with Gasteiger partial charge in [0.2, 0.25) is 0 Å². The molecule has 0 fully saturated rings. The van der Waals surface area contributed by atoms with Gasteiger partial charge in [-0.15, -0.1) is 0 Å². The predicted molar refractivity (Wildman–Crippen MR) is 71.9 cm³/mol. The van der Waals surface area contributed by atoms with Gasteiger partial charge in [-0.05, 0) is 36.4 Å². The lowest BCUT2D eigenvalue weighted by Crippen LogP contribution is -2.11. The van der Waals surface area contributed by atoms with Crippen molar-refractivity contribution in [1.29, 1.82) is 0 Å². The van der Waals surface area contributed by atoms with Crippen molar-refractivity contribution in [3.63, 3.8) is 0 Å². The molecule has 1 N–H and O–H groups in total. The standard InChI is InChI=1S/C14H14ClNO/c15-12-6-8-14(9-7-12)17-11-10-16-13-4-2-1-3-5-13/h1-9,16H,10-11H2. The first kappa shape index (κ1) is 11.8. The van der Waals surface area contributed by atoms with E-state index in [9.17, 15) is 0 Å². The second-order valence-electron chi connectivity index (χ2n) is 3.60. The number of halogens is 1. The largest absolute Gasteiger partial charge is 0.492 e. The van der Waals surface area contributed by atoms with E-state index in [2.05, 4.69) is 5.32 Å². The van der Waals surface area contributed by atoms with E-state index in [-0.39, 0.29) is 0 Å². The Bertz CT molecular complexity index is 442. The Morgan fingerprint density at radius 3 is 2.35 bits per heavy atom. The summed E-state index contributed by atoms with van der Waals surface area (Å²) in [5, 5.41) is 4.00. The minimum absolute atomic E-state index is 0.622. The Hall–Kier alpha value is -1.67. The quantitative estimate of drug-likeness (QED) is 0.811. The third-order valence-electron chi connectivity index (χ3n) is 2.29. The van der Waals surface area contributed by atoms with Crippen LogP contribution in [0.3, 0.4) is 0 Å². The molecule has 0 saturated carbocycles. The van der Waals surface area contributed by atoms with Gasteiger partial charge in [-0.2, -0.15) is 0 Å². The third kappa shape index (κ3) is 4.00. The van der Waals surface area contributed by atoms with Crippen LogP contribution in [0.2, 0.25) is 5.02 Å². The minimum Gasteiger partial charge on any atom is -0.492 e. The molecule has 2 rings (SSSR count). The molecule has 2 aromatic rings.